The fourth-order valence-electron chi connectivity index (χ4n) is 2.48. The van der Waals surface area contributed by atoms with Crippen molar-refractivity contribution in [3.05, 3.63) is 0 Å². The summed E-state index contributed by atoms with van der Waals surface area (Å²) in [6.45, 7) is 5.81. The summed E-state index contributed by atoms with van der Waals surface area (Å²) in [5.41, 5.74) is 0. The minimum absolute atomic E-state index is 0.536. The number of likely N-dealkylation sites (tertiary alicyclic amines) is 1. The van der Waals surface area contributed by atoms with Gasteiger partial charge in [-0.2, -0.15) is 0 Å². The molecule has 2 aliphatic rings. The van der Waals surface area contributed by atoms with E-state index in [2.05, 4.69) is 11.8 Å². The van der Waals surface area contributed by atoms with E-state index in [-0.39, 0.29) is 0 Å². The van der Waals surface area contributed by atoms with Crippen LogP contribution in [0.1, 0.15) is 39.0 Å². The predicted octanol–water partition coefficient (Wildman–Crippen LogP) is 2.04. The summed E-state index contributed by atoms with van der Waals surface area (Å²) in [7, 11) is 0. The molecule has 0 aromatic heterocycles. The molecule has 2 heterocycles. The van der Waals surface area contributed by atoms with Crippen LogP contribution >= 0.6 is 0 Å². The van der Waals surface area contributed by atoms with Gasteiger partial charge < -0.3 is 4.74 Å². The van der Waals surface area contributed by atoms with Crippen LogP contribution in [0.15, 0.2) is 0 Å². The standard InChI is InChI=1S/C11H21NO/c1-10-5-4-7-12(10)9-11-6-2-3-8-13-11/h10-11H,2-9H2,1H3. The van der Waals surface area contributed by atoms with Gasteiger partial charge in [-0.05, 0) is 45.6 Å². The molecule has 0 saturated carbocycles. The SMILES string of the molecule is CC1CCCN1CC1CCCCO1. The maximum absolute atomic E-state index is 5.75. The molecule has 0 spiro atoms. The first-order chi connectivity index (χ1) is 6.36. The number of hydrogen-bond donors (Lipinski definition) is 0. The molecule has 0 aliphatic carbocycles. The van der Waals surface area contributed by atoms with Crippen LogP contribution in [0.4, 0.5) is 0 Å². The predicted molar refractivity (Wildman–Crippen MR) is 53.9 cm³/mol. The van der Waals surface area contributed by atoms with E-state index >= 15 is 0 Å². The fraction of sp³-hybridized carbons (Fsp3) is 1.00. The summed E-state index contributed by atoms with van der Waals surface area (Å²) >= 11 is 0. The monoisotopic (exact) mass is 183 g/mol. The van der Waals surface area contributed by atoms with Crippen molar-refractivity contribution in [2.75, 3.05) is 19.7 Å². The van der Waals surface area contributed by atoms with Gasteiger partial charge in [-0.3, -0.25) is 4.90 Å². The molecule has 2 nitrogen and oxygen atoms in total. The average Bonchev–Trinajstić information content (AvgIpc) is 2.54. The van der Waals surface area contributed by atoms with Gasteiger partial charge in [0.15, 0.2) is 0 Å². The lowest BCUT2D eigenvalue weighted by Crippen LogP contribution is -2.37. The first kappa shape index (κ1) is 9.47. The maximum Gasteiger partial charge on any atom is 0.0702 e. The molecule has 2 saturated heterocycles. The zero-order valence-corrected chi connectivity index (χ0v) is 8.67. The highest BCUT2D eigenvalue weighted by Crippen LogP contribution is 2.20. The van der Waals surface area contributed by atoms with E-state index in [1.54, 1.807) is 0 Å². The highest BCUT2D eigenvalue weighted by atomic mass is 16.5. The van der Waals surface area contributed by atoms with Crippen molar-refractivity contribution in [2.45, 2.75) is 51.2 Å². The Morgan fingerprint density at radius 3 is 2.77 bits per heavy atom. The molecule has 13 heavy (non-hydrogen) atoms. The largest absolute Gasteiger partial charge is 0.377 e. The van der Waals surface area contributed by atoms with Crippen LogP contribution in [0.5, 0.6) is 0 Å². The van der Waals surface area contributed by atoms with Crippen molar-refractivity contribution in [2.24, 2.45) is 0 Å². The third-order valence-electron chi connectivity index (χ3n) is 3.40. The van der Waals surface area contributed by atoms with E-state index in [9.17, 15) is 0 Å². The summed E-state index contributed by atoms with van der Waals surface area (Å²) in [6.07, 6.45) is 7.22. The van der Waals surface area contributed by atoms with Crippen molar-refractivity contribution < 1.29 is 4.74 Å². The summed E-state index contributed by atoms with van der Waals surface area (Å²) in [5.74, 6) is 0. The smallest absolute Gasteiger partial charge is 0.0702 e. The second kappa shape index (κ2) is 4.43. The zero-order valence-electron chi connectivity index (χ0n) is 8.67. The van der Waals surface area contributed by atoms with Crippen LogP contribution in [0, 0.1) is 0 Å². The van der Waals surface area contributed by atoms with Crippen LogP contribution in [-0.2, 0) is 4.74 Å². The molecule has 2 heteroatoms. The zero-order chi connectivity index (χ0) is 9.10. The van der Waals surface area contributed by atoms with Crippen LogP contribution < -0.4 is 0 Å². The summed E-state index contributed by atoms with van der Waals surface area (Å²) in [5, 5.41) is 0. The van der Waals surface area contributed by atoms with Gasteiger partial charge in [-0.15, -0.1) is 0 Å². The fourth-order valence-corrected chi connectivity index (χ4v) is 2.48. The van der Waals surface area contributed by atoms with Crippen molar-refractivity contribution in [3.8, 4) is 0 Å². The molecule has 0 radical (unpaired) electrons. The molecule has 2 atom stereocenters. The number of hydrogen-bond acceptors (Lipinski definition) is 2. The molecule has 2 unspecified atom stereocenters. The summed E-state index contributed by atoms with van der Waals surface area (Å²) in [4.78, 5) is 2.59. The Bertz CT molecular complexity index is 154. The Hall–Kier alpha value is -0.0800. The Labute approximate surface area is 81.3 Å². The van der Waals surface area contributed by atoms with Crippen molar-refractivity contribution in [3.63, 3.8) is 0 Å². The highest BCUT2D eigenvalue weighted by molar-refractivity contribution is 4.78. The molecule has 0 aromatic rings. The highest BCUT2D eigenvalue weighted by Gasteiger charge is 2.24. The van der Waals surface area contributed by atoms with Crippen molar-refractivity contribution in [1.82, 2.24) is 4.90 Å². The number of rotatable bonds is 2. The molecular weight excluding hydrogens is 162 g/mol. The third-order valence-corrected chi connectivity index (χ3v) is 3.40. The molecule has 2 aliphatic heterocycles. The van der Waals surface area contributed by atoms with Gasteiger partial charge in [0.05, 0.1) is 6.10 Å². The average molecular weight is 183 g/mol. The van der Waals surface area contributed by atoms with E-state index in [1.807, 2.05) is 0 Å². The molecule has 0 bridgehead atoms. The van der Waals surface area contributed by atoms with E-state index in [0.717, 1.165) is 12.6 Å². The lowest BCUT2D eigenvalue weighted by molar-refractivity contribution is -0.00680. The van der Waals surface area contributed by atoms with Gasteiger partial charge in [0.1, 0.15) is 0 Å². The van der Waals surface area contributed by atoms with E-state index in [4.69, 9.17) is 4.74 Å². The van der Waals surface area contributed by atoms with Gasteiger partial charge in [0.25, 0.3) is 0 Å². The molecule has 0 aromatic carbocycles. The quantitative estimate of drug-likeness (QED) is 0.649. The second-order valence-electron chi connectivity index (χ2n) is 4.47. The van der Waals surface area contributed by atoms with E-state index in [0.29, 0.717) is 6.10 Å². The van der Waals surface area contributed by atoms with Crippen LogP contribution in [0.2, 0.25) is 0 Å². The maximum atomic E-state index is 5.75. The van der Waals surface area contributed by atoms with Gasteiger partial charge in [0.2, 0.25) is 0 Å². The Morgan fingerprint density at radius 1 is 1.23 bits per heavy atom. The van der Waals surface area contributed by atoms with Gasteiger partial charge in [-0.1, -0.05) is 0 Å². The Kier molecular flexibility index (Phi) is 3.23. The lowest BCUT2D eigenvalue weighted by Gasteiger charge is -2.29. The van der Waals surface area contributed by atoms with Gasteiger partial charge in [0, 0.05) is 19.2 Å². The molecule has 0 N–H and O–H groups in total. The normalized spacial score (nSPS) is 36.7. The Morgan fingerprint density at radius 2 is 2.15 bits per heavy atom. The molecular formula is C11H21NO. The minimum Gasteiger partial charge on any atom is -0.377 e. The Balaban J connectivity index is 1.75. The number of nitrogens with zero attached hydrogens (tertiary/aromatic N) is 1. The molecule has 2 fully saturated rings. The van der Waals surface area contributed by atoms with Crippen LogP contribution in [0.25, 0.3) is 0 Å². The second-order valence-corrected chi connectivity index (χ2v) is 4.47. The van der Waals surface area contributed by atoms with Crippen LogP contribution in [-0.4, -0.2) is 36.7 Å². The third kappa shape index (κ3) is 2.44. The molecule has 0 amide bonds. The first-order valence-corrected chi connectivity index (χ1v) is 5.72. The summed E-state index contributed by atoms with van der Waals surface area (Å²) < 4.78 is 5.75. The number of ether oxygens (including phenoxy) is 1. The first-order valence-electron chi connectivity index (χ1n) is 5.72. The van der Waals surface area contributed by atoms with Crippen molar-refractivity contribution >= 4 is 0 Å². The molecule has 76 valence electrons. The van der Waals surface area contributed by atoms with Crippen molar-refractivity contribution in [1.29, 1.82) is 0 Å². The summed E-state index contributed by atoms with van der Waals surface area (Å²) in [6, 6.07) is 0.797. The van der Waals surface area contributed by atoms with Gasteiger partial charge in [-0.25, -0.2) is 0 Å². The van der Waals surface area contributed by atoms with Gasteiger partial charge >= 0.3 is 0 Å². The van der Waals surface area contributed by atoms with E-state index < -0.39 is 0 Å². The molecule has 2 rings (SSSR count). The lowest BCUT2D eigenvalue weighted by atomic mass is 10.1. The van der Waals surface area contributed by atoms with E-state index in [1.165, 1.54) is 45.2 Å². The minimum atomic E-state index is 0.536. The topological polar surface area (TPSA) is 12.5 Å². The van der Waals surface area contributed by atoms with Crippen LogP contribution in [0.3, 0.4) is 0 Å².